The minimum absolute atomic E-state index is 0.0306. The van der Waals surface area contributed by atoms with Gasteiger partial charge in [0.1, 0.15) is 0 Å². The van der Waals surface area contributed by atoms with Crippen molar-refractivity contribution in [1.29, 1.82) is 0 Å². The fraction of sp³-hybridized carbons (Fsp3) is 0.182. The number of benzene rings is 1. The first kappa shape index (κ1) is 12.4. The van der Waals surface area contributed by atoms with E-state index in [9.17, 15) is 13.2 Å². The second-order valence-corrected chi connectivity index (χ2v) is 3.84. The second kappa shape index (κ2) is 4.02. The molecule has 18 heavy (non-hydrogen) atoms. The molecule has 1 aliphatic rings. The fourth-order valence-corrected chi connectivity index (χ4v) is 1.75. The van der Waals surface area contributed by atoms with E-state index in [-0.39, 0.29) is 11.5 Å². The molecule has 0 saturated carbocycles. The molecule has 0 amide bonds. The van der Waals surface area contributed by atoms with Crippen LogP contribution in [0, 0.1) is 0 Å². The molecule has 5 N–H and O–H groups in total. The van der Waals surface area contributed by atoms with Crippen molar-refractivity contribution in [3.8, 4) is 0 Å². The van der Waals surface area contributed by atoms with Gasteiger partial charge in [-0.1, -0.05) is 18.2 Å². The van der Waals surface area contributed by atoms with Gasteiger partial charge in [0, 0.05) is 11.8 Å². The van der Waals surface area contributed by atoms with E-state index in [1.165, 1.54) is 30.5 Å². The average molecular weight is 256 g/mol. The number of hydrogen-bond donors (Lipinski definition) is 3. The van der Waals surface area contributed by atoms with Gasteiger partial charge in [-0.15, -0.1) is 0 Å². The number of rotatable bonds is 1. The molecule has 1 aromatic rings. The number of halogens is 3. The Morgan fingerprint density at radius 3 is 2.50 bits per heavy atom. The SMILES string of the molecule is NC1=NC(N)(c2ccccc2C(F)(F)F)C=CN1. The summed E-state index contributed by atoms with van der Waals surface area (Å²) in [6, 6.07) is 5.02. The fourth-order valence-electron chi connectivity index (χ4n) is 1.75. The van der Waals surface area contributed by atoms with Crippen molar-refractivity contribution in [2.24, 2.45) is 16.5 Å². The van der Waals surface area contributed by atoms with Crippen LogP contribution in [0.5, 0.6) is 0 Å². The van der Waals surface area contributed by atoms with Gasteiger partial charge in [0.25, 0.3) is 0 Å². The Kier molecular flexibility index (Phi) is 2.78. The lowest BCUT2D eigenvalue weighted by Crippen LogP contribution is -2.43. The highest BCUT2D eigenvalue weighted by atomic mass is 19.4. The Morgan fingerprint density at radius 2 is 1.89 bits per heavy atom. The molecule has 4 nitrogen and oxygen atoms in total. The van der Waals surface area contributed by atoms with E-state index in [1.54, 1.807) is 0 Å². The van der Waals surface area contributed by atoms with Crippen LogP contribution in [-0.4, -0.2) is 5.96 Å². The van der Waals surface area contributed by atoms with E-state index in [0.29, 0.717) is 0 Å². The highest BCUT2D eigenvalue weighted by Crippen LogP contribution is 2.37. The first-order chi connectivity index (χ1) is 8.33. The Hall–Kier alpha value is -2.02. The third-order valence-corrected chi connectivity index (χ3v) is 2.54. The summed E-state index contributed by atoms with van der Waals surface area (Å²) in [5.74, 6) is -0.0306. The van der Waals surface area contributed by atoms with Gasteiger partial charge in [-0.25, -0.2) is 4.99 Å². The molecular weight excluding hydrogens is 245 g/mol. The lowest BCUT2D eigenvalue weighted by atomic mass is 9.94. The number of nitrogens with one attached hydrogen (secondary N) is 1. The number of aliphatic imine (C=N–C) groups is 1. The van der Waals surface area contributed by atoms with E-state index < -0.39 is 17.4 Å². The minimum atomic E-state index is -4.49. The van der Waals surface area contributed by atoms with Gasteiger partial charge < -0.3 is 11.1 Å². The van der Waals surface area contributed by atoms with Gasteiger partial charge in [-0.3, -0.25) is 5.73 Å². The zero-order chi connectivity index (χ0) is 13.4. The van der Waals surface area contributed by atoms with Crippen LogP contribution in [0.4, 0.5) is 13.2 Å². The van der Waals surface area contributed by atoms with Crippen molar-refractivity contribution in [3.05, 3.63) is 47.7 Å². The molecule has 1 atom stereocenters. The monoisotopic (exact) mass is 256 g/mol. The van der Waals surface area contributed by atoms with Gasteiger partial charge >= 0.3 is 6.18 Å². The zero-order valence-electron chi connectivity index (χ0n) is 9.20. The van der Waals surface area contributed by atoms with Crippen LogP contribution < -0.4 is 16.8 Å². The second-order valence-electron chi connectivity index (χ2n) is 3.84. The standard InChI is InChI=1S/C11H11F3N4/c12-11(13,14)8-4-2-1-3-7(8)10(16)5-6-17-9(15)18-10/h1-6H,16H2,(H3,15,17,18). The van der Waals surface area contributed by atoms with E-state index in [0.717, 1.165) is 6.07 Å². The van der Waals surface area contributed by atoms with Gasteiger partial charge in [0.2, 0.25) is 0 Å². The molecule has 1 aliphatic heterocycles. The summed E-state index contributed by atoms with van der Waals surface area (Å²) in [5.41, 5.74) is 8.73. The molecule has 1 unspecified atom stereocenters. The molecule has 7 heteroatoms. The van der Waals surface area contributed by atoms with E-state index in [2.05, 4.69) is 10.3 Å². The molecule has 96 valence electrons. The van der Waals surface area contributed by atoms with Crippen molar-refractivity contribution >= 4 is 5.96 Å². The Labute approximate surface area is 101 Å². The van der Waals surface area contributed by atoms with Gasteiger partial charge in [0.05, 0.1) is 5.56 Å². The maximum atomic E-state index is 12.9. The zero-order valence-corrected chi connectivity index (χ0v) is 9.20. The van der Waals surface area contributed by atoms with Crippen LogP contribution in [0.15, 0.2) is 41.5 Å². The number of alkyl halides is 3. The average Bonchev–Trinajstić information content (AvgIpc) is 2.27. The lowest BCUT2D eigenvalue weighted by Gasteiger charge is -2.28. The van der Waals surface area contributed by atoms with Crippen LogP contribution in [0.2, 0.25) is 0 Å². The summed E-state index contributed by atoms with van der Waals surface area (Å²) in [7, 11) is 0. The Morgan fingerprint density at radius 1 is 1.22 bits per heavy atom. The van der Waals surface area contributed by atoms with Crippen LogP contribution in [0.25, 0.3) is 0 Å². The van der Waals surface area contributed by atoms with E-state index in [4.69, 9.17) is 11.5 Å². The smallest absolute Gasteiger partial charge is 0.370 e. The van der Waals surface area contributed by atoms with Gasteiger partial charge in [0.15, 0.2) is 11.6 Å². The van der Waals surface area contributed by atoms with Gasteiger partial charge in [-0.05, 0) is 12.1 Å². The first-order valence-corrected chi connectivity index (χ1v) is 5.08. The number of nitrogens with two attached hydrogens (primary N) is 2. The number of hydrogen-bond acceptors (Lipinski definition) is 4. The van der Waals surface area contributed by atoms with Crippen LogP contribution >= 0.6 is 0 Å². The van der Waals surface area contributed by atoms with E-state index in [1.807, 2.05) is 0 Å². The molecule has 0 bridgehead atoms. The molecule has 0 spiro atoms. The predicted octanol–water partition coefficient (Wildman–Crippen LogP) is 1.25. The summed E-state index contributed by atoms with van der Waals surface area (Å²) < 4.78 is 38.7. The summed E-state index contributed by atoms with van der Waals surface area (Å²) >= 11 is 0. The van der Waals surface area contributed by atoms with Crippen LogP contribution in [-0.2, 0) is 11.8 Å². The summed E-state index contributed by atoms with van der Waals surface area (Å²) in [6.07, 6.45) is -1.80. The molecule has 0 saturated heterocycles. The lowest BCUT2D eigenvalue weighted by molar-refractivity contribution is -0.138. The van der Waals surface area contributed by atoms with Gasteiger partial charge in [-0.2, -0.15) is 13.2 Å². The quantitative estimate of drug-likeness (QED) is 0.707. The van der Waals surface area contributed by atoms with Crippen LogP contribution in [0.3, 0.4) is 0 Å². The predicted molar refractivity (Wildman–Crippen MR) is 61.2 cm³/mol. The maximum absolute atomic E-state index is 12.9. The molecule has 0 aliphatic carbocycles. The Balaban J connectivity index is 2.58. The van der Waals surface area contributed by atoms with Crippen molar-refractivity contribution in [2.75, 3.05) is 0 Å². The van der Waals surface area contributed by atoms with Crippen molar-refractivity contribution in [1.82, 2.24) is 5.32 Å². The minimum Gasteiger partial charge on any atom is -0.370 e. The largest absolute Gasteiger partial charge is 0.416 e. The third kappa shape index (κ3) is 2.17. The molecule has 2 rings (SSSR count). The highest BCUT2D eigenvalue weighted by molar-refractivity contribution is 5.80. The normalized spacial score (nSPS) is 23.4. The molecule has 1 aromatic carbocycles. The van der Waals surface area contributed by atoms with E-state index >= 15 is 0 Å². The van der Waals surface area contributed by atoms with Crippen molar-refractivity contribution in [3.63, 3.8) is 0 Å². The summed E-state index contributed by atoms with van der Waals surface area (Å²) in [4.78, 5) is 3.83. The maximum Gasteiger partial charge on any atom is 0.416 e. The molecular formula is C11H11F3N4. The molecule has 0 aromatic heterocycles. The summed E-state index contributed by atoms with van der Waals surface area (Å²) in [5, 5.41) is 2.55. The van der Waals surface area contributed by atoms with Crippen molar-refractivity contribution in [2.45, 2.75) is 11.8 Å². The molecule has 1 heterocycles. The van der Waals surface area contributed by atoms with Crippen LogP contribution in [0.1, 0.15) is 11.1 Å². The summed E-state index contributed by atoms with van der Waals surface area (Å²) in [6.45, 7) is 0. The first-order valence-electron chi connectivity index (χ1n) is 5.08. The third-order valence-electron chi connectivity index (χ3n) is 2.54. The Bertz CT molecular complexity index is 521. The molecule has 0 fully saturated rings. The highest BCUT2D eigenvalue weighted by Gasteiger charge is 2.39. The molecule has 0 radical (unpaired) electrons. The van der Waals surface area contributed by atoms with Crippen molar-refractivity contribution < 1.29 is 13.2 Å². The number of guanidine groups is 1. The topological polar surface area (TPSA) is 76.4 Å². The number of nitrogens with zero attached hydrogens (tertiary/aromatic N) is 1.